The smallest absolute Gasteiger partial charge is 0.306 e. The van der Waals surface area contributed by atoms with Crippen LogP contribution in [0.1, 0.15) is 329 Å². The topological polar surface area (TPSA) is 78.9 Å². The lowest BCUT2D eigenvalue weighted by Crippen LogP contribution is -2.30. The number of carbonyl (C=O) groups is 3. The average molecular weight is 1050 g/mol. The first kappa shape index (κ1) is 71.8. The van der Waals surface area contributed by atoms with Crippen LogP contribution < -0.4 is 0 Å². The number of unbranched alkanes of at least 4 members (excludes halogenated alkanes) is 36. The van der Waals surface area contributed by atoms with E-state index in [1.807, 2.05) is 0 Å². The standard InChI is InChI=1S/C69H122O6/c1-4-7-10-13-16-19-22-25-27-28-29-30-31-32-33-34-35-36-37-38-39-40-41-42-43-45-47-50-53-56-59-62-68(71)74-65-66(64-73-67(70)61-58-55-52-49-46-24-21-18-15-12-9-6-3)75-69(72)63-60-57-54-51-48-44-26-23-20-17-14-11-8-5-2/h7,10,16,19,25,27,29-30,32-33,35-36,66H,4-6,8-9,11-15,17-18,20-24,26,28,31,34,37-65H2,1-3H3/b10-7-,19-16-,27-25-,30-29-,33-32-,36-35-. The molecule has 0 aliphatic carbocycles. The average Bonchev–Trinajstić information content (AvgIpc) is 3.41. The van der Waals surface area contributed by atoms with Crippen LogP contribution in [-0.4, -0.2) is 37.2 Å². The predicted octanol–water partition coefficient (Wildman–Crippen LogP) is 22.1. The Kier molecular flexibility index (Phi) is 60.7. The van der Waals surface area contributed by atoms with Gasteiger partial charge in [-0.05, 0) is 70.6 Å². The summed E-state index contributed by atoms with van der Waals surface area (Å²) in [4.78, 5) is 38.2. The minimum atomic E-state index is -0.771. The van der Waals surface area contributed by atoms with Crippen molar-refractivity contribution in [1.82, 2.24) is 0 Å². The molecule has 75 heavy (non-hydrogen) atoms. The molecule has 0 fully saturated rings. The van der Waals surface area contributed by atoms with Crippen LogP contribution in [0.3, 0.4) is 0 Å². The highest BCUT2D eigenvalue weighted by molar-refractivity contribution is 5.71. The number of carbonyl (C=O) groups excluding carboxylic acids is 3. The highest BCUT2D eigenvalue weighted by Gasteiger charge is 2.19. The third kappa shape index (κ3) is 61.6. The molecule has 0 radical (unpaired) electrons. The lowest BCUT2D eigenvalue weighted by atomic mass is 10.0. The summed E-state index contributed by atoms with van der Waals surface area (Å²) in [5.74, 6) is -0.854. The summed E-state index contributed by atoms with van der Waals surface area (Å²) in [6.07, 6.45) is 82.0. The first-order valence-corrected chi connectivity index (χ1v) is 32.4. The van der Waals surface area contributed by atoms with Crippen molar-refractivity contribution in [2.24, 2.45) is 0 Å². The quantitative estimate of drug-likeness (QED) is 0.0261. The third-order valence-corrected chi connectivity index (χ3v) is 14.2. The fraction of sp³-hybridized carbons (Fsp3) is 0.783. The molecule has 0 aromatic carbocycles. The van der Waals surface area contributed by atoms with Gasteiger partial charge in [0.2, 0.25) is 0 Å². The number of hydrogen-bond acceptors (Lipinski definition) is 6. The second kappa shape index (κ2) is 63.4. The van der Waals surface area contributed by atoms with Crippen molar-refractivity contribution in [3.8, 4) is 0 Å². The number of hydrogen-bond donors (Lipinski definition) is 0. The van der Waals surface area contributed by atoms with Gasteiger partial charge in [0.05, 0.1) is 0 Å². The number of ether oxygens (including phenoxy) is 3. The summed E-state index contributed by atoms with van der Waals surface area (Å²) in [5, 5.41) is 0. The lowest BCUT2D eigenvalue weighted by molar-refractivity contribution is -0.167. The van der Waals surface area contributed by atoms with Crippen LogP contribution in [0.15, 0.2) is 72.9 Å². The van der Waals surface area contributed by atoms with E-state index in [4.69, 9.17) is 14.2 Å². The van der Waals surface area contributed by atoms with Crippen molar-refractivity contribution in [1.29, 1.82) is 0 Å². The van der Waals surface area contributed by atoms with Crippen LogP contribution in [0.4, 0.5) is 0 Å². The molecule has 0 rings (SSSR count). The normalized spacial score (nSPS) is 12.5. The Morgan fingerprint density at radius 2 is 0.520 bits per heavy atom. The van der Waals surface area contributed by atoms with Crippen LogP contribution in [-0.2, 0) is 28.6 Å². The molecule has 0 heterocycles. The Morgan fingerprint density at radius 3 is 0.813 bits per heavy atom. The Labute approximate surface area is 465 Å². The molecule has 434 valence electrons. The van der Waals surface area contributed by atoms with Gasteiger partial charge in [0.25, 0.3) is 0 Å². The summed E-state index contributed by atoms with van der Waals surface area (Å²) in [6, 6.07) is 0. The van der Waals surface area contributed by atoms with Crippen LogP contribution >= 0.6 is 0 Å². The summed E-state index contributed by atoms with van der Waals surface area (Å²) in [5.41, 5.74) is 0. The van der Waals surface area contributed by atoms with Gasteiger partial charge < -0.3 is 14.2 Å². The number of allylic oxidation sites excluding steroid dienone is 12. The van der Waals surface area contributed by atoms with E-state index in [1.165, 1.54) is 193 Å². The largest absolute Gasteiger partial charge is 0.462 e. The molecule has 0 aromatic rings. The van der Waals surface area contributed by atoms with Crippen molar-refractivity contribution in [3.63, 3.8) is 0 Å². The number of esters is 3. The molecule has 6 heteroatoms. The Bertz CT molecular complexity index is 1390. The first-order valence-electron chi connectivity index (χ1n) is 32.4. The summed E-state index contributed by atoms with van der Waals surface area (Å²) in [6.45, 7) is 6.56. The number of rotatable bonds is 59. The van der Waals surface area contributed by atoms with E-state index in [0.29, 0.717) is 19.3 Å². The zero-order chi connectivity index (χ0) is 54.3. The molecular weight excluding hydrogens is 925 g/mol. The van der Waals surface area contributed by atoms with Crippen LogP contribution in [0.25, 0.3) is 0 Å². The van der Waals surface area contributed by atoms with E-state index < -0.39 is 6.10 Å². The van der Waals surface area contributed by atoms with Gasteiger partial charge in [-0.2, -0.15) is 0 Å². The molecule has 0 aliphatic rings. The highest BCUT2D eigenvalue weighted by atomic mass is 16.6. The minimum Gasteiger partial charge on any atom is -0.462 e. The van der Waals surface area contributed by atoms with Gasteiger partial charge in [-0.25, -0.2) is 0 Å². The Hall–Kier alpha value is -3.15. The van der Waals surface area contributed by atoms with E-state index in [0.717, 1.165) is 96.3 Å². The Morgan fingerprint density at radius 1 is 0.280 bits per heavy atom. The minimum absolute atomic E-state index is 0.0695. The monoisotopic (exact) mass is 1050 g/mol. The van der Waals surface area contributed by atoms with Gasteiger partial charge >= 0.3 is 17.9 Å². The van der Waals surface area contributed by atoms with Gasteiger partial charge in [0.15, 0.2) is 6.10 Å². The summed E-state index contributed by atoms with van der Waals surface area (Å²) >= 11 is 0. The van der Waals surface area contributed by atoms with Crippen LogP contribution in [0.5, 0.6) is 0 Å². The molecule has 0 bridgehead atoms. The molecule has 0 saturated heterocycles. The highest BCUT2D eigenvalue weighted by Crippen LogP contribution is 2.17. The third-order valence-electron chi connectivity index (χ3n) is 14.2. The van der Waals surface area contributed by atoms with E-state index in [2.05, 4.69) is 93.7 Å². The fourth-order valence-corrected chi connectivity index (χ4v) is 9.39. The van der Waals surface area contributed by atoms with E-state index in [-0.39, 0.29) is 31.1 Å². The van der Waals surface area contributed by atoms with E-state index in [9.17, 15) is 14.4 Å². The summed E-state index contributed by atoms with van der Waals surface area (Å²) in [7, 11) is 0. The van der Waals surface area contributed by atoms with Gasteiger partial charge in [-0.15, -0.1) is 0 Å². The first-order chi connectivity index (χ1) is 37.0. The molecule has 0 N–H and O–H groups in total. The molecular formula is C69H122O6. The van der Waals surface area contributed by atoms with Gasteiger partial charge in [-0.3, -0.25) is 14.4 Å². The maximum Gasteiger partial charge on any atom is 0.306 e. The maximum atomic E-state index is 12.9. The molecule has 0 aromatic heterocycles. The van der Waals surface area contributed by atoms with Gasteiger partial charge in [0, 0.05) is 19.3 Å². The van der Waals surface area contributed by atoms with Gasteiger partial charge in [0.1, 0.15) is 13.2 Å². The SMILES string of the molecule is CC/C=C\C/C=C\C/C=C\C/C=C\C/C=C\C/C=C\CCCCCCCCCCCCCCC(=O)OCC(COC(=O)CCCCCCCCCCCCCC)OC(=O)CCCCCCCCCCCCCCCC. The molecule has 0 amide bonds. The van der Waals surface area contributed by atoms with E-state index in [1.54, 1.807) is 0 Å². The molecule has 0 aliphatic heterocycles. The van der Waals surface area contributed by atoms with Crippen LogP contribution in [0.2, 0.25) is 0 Å². The molecule has 0 spiro atoms. The Balaban J connectivity index is 4.17. The van der Waals surface area contributed by atoms with Crippen molar-refractivity contribution < 1.29 is 28.6 Å². The fourth-order valence-electron chi connectivity index (χ4n) is 9.39. The van der Waals surface area contributed by atoms with Crippen molar-refractivity contribution >= 4 is 17.9 Å². The van der Waals surface area contributed by atoms with E-state index >= 15 is 0 Å². The summed E-state index contributed by atoms with van der Waals surface area (Å²) < 4.78 is 16.9. The molecule has 1 atom stereocenters. The second-order valence-electron chi connectivity index (χ2n) is 21.7. The zero-order valence-electron chi connectivity index (χ0n) is 49.8. The van der Waals surface area contributed by atoms with Crippen LogP contribution in [0, 0.1) is 0 Å². The molecule has 6 nitrogen and oxygen atoms in total. The van der Waals surface area contributed by atoms with Crippen molar-refractivity contribution in [2.45, 2.75) is 335 Å². The van der Waals surface area contributed by atoms with Crippen molar-refractivity contribution in [2.75, 3.05) is 13.2 Å². The predicted molar refractivity (Wildman–Crippen MR) is 325 cm³/mol. The lowest BCUT2D eigenvalue weighted by Gasteiger charge is -2.18. The zero-order valence-corrected chi connectivity index (χ0v) is 49.8. The maximum absolute atomic E-state index is 12.9. The second-order valence-corrected chi connectivity index (χ2v) is 21.7. The molecule has 1 unspecified atom stereocenters. The van der Waals surface area contributed by atoms with Crippen molar-refractivity contribution in [3.05, 3.63) is 72.9 Å². The van der Waals surface area contributed by atoms with Gasteiger partial charge in [-0.1, -0.05) is 312 Å². The molecule has 0 saturated carbocycles.